The highest BCUT2D eigenvalue weighted by molar-refractivity contribution is 7.13. The monoisotopic (exact) mass is 366 g/mol. The van der Waals surface area contributed by atoms with Crippen LogP contribution in [0.15, 0.2) is 0 Å². The van der Waals surface area contributed by atoms with Gasteiger partial charge in [0, 0.05) is 42.9 Å². The zero-order chi connectivity index (χ0) is 18.4. The van der Waals surface area contributed by atoms with Crippen molar-refractivity contribution in [3.8, 4) is 0 Å². The SMILES string of the molecule is CCc1sc(C(=O)N[C@H]2CCCN(C(=O)C(C)C)C2)nc1CCNC. The molecule has 1 aromatic rings. The summed E-state index contributed by atoms with van der Waals surface area (Å²) in [6.45, 7) is 8.16. The van der Waals surface area contributed by atoms with E-state index in [1.165, 1.54) is 16.2 Å². The van der Waals surface area contributed by atoms with Gasteiger partial charge in [-0.05, 0) is 26.3 Å². The molecule has 0 aromatic carbocycles. The summed E-state index contributed by atoms with van der Waals surface area (Å²) in [5, 5.41) is 6.74. The normalized spacial score (nSPS) is 17.8. The summed E-state index contributed by atoms with van der Waals surface area (Å²) in [4.78, 5) is 32.4. The van der Waals surface area contributed by atoms with E-state index in [4.69, 9.17) is 0 Å². The van der Waals surface area contributed by atoms with Crippen LogP contribution in [0.2, 0.25) is 0 Å². The van der Waals surface area contributed by atoms with E-state index in [1.807, 2.05) is 25.8 Å². The number of thiazole rings is 1. The predicted molar refractivity (Wildman–Crippen MR) is 101 cm³/mol. The molecule has 2 heterocycles. The minimum absolute atomic E-state index is 0.00439. The molecule has 1 fully saturated rings. The molecule has 0 radical (unpaired) electrons. The van der Waals surface area contributed by atoms with Crippen molar-refractivity contribution in [2.45, 2.75) is 52.5 Å². The topological polar surface area (TPSA) is 74.3 Å². The van der Waals surface area contributed by atoms with E-state index in [0.717, 1.165) is 44.5 Å². The maximum Gasteiger partial charge on any atom is 0.280 e. The van der Waals surface area contributed by atoms with Gasteiger partial charge in [-0.25, -0.2) is 4.98 Å². The van der Waals surface area contributed by atoms with Crippen molar-refractivity contribution >= 4 is 23.2 Å². The molecule has 0 spiro atoms. The number of piperidine rings is 1. The molecule has 0 unspecified atom stereocenters. The van der Waals surface area contributed by atoms with E-state index in [2.05, 4.69) is 22.5 Å². The lowest BCUT2D eigenvalue weighted by Gasteiger charge is -2.34. The number of likely N-dealkylation sites (tertiary alicyclic amines) is 1. The molecule has 2 amide bonds. The lowest BCUT2D eigenvalue weighted by atomic mass is 10.0. The summed E-state index contributed by atoms with van der Waals surface area (Å²) in [7, 11) is 1.92. The number of nitrogens with zero attached hydrogens (tertiary/aromatic N) is 2. The second-order valence-corrected chi connectivity index (χ2v) is 7.93. The predicted octanol–water partition coefficient (Wildman–Crippen LogP) is 1.84. The number of hydrogen-bond donors (Lipinski definition) is 2. The number of carbonyl (C=O) groups excluding carboxylic acids is 2. The smallest absolute Gasteiger partial charge is 0.280 e. The molecule has 1 aliphatic heterocycles. The second-order valence-electron chi connectivity index (χ2n) is 6.85. The summed E-state index contributed by atoms with van der Waals surface area (Å²) < 4.78 is 0. The van der Waals surface area contributed by atoms with Gasteiger partial charge < -0.3 is 15.5 Å². The van der Waals surface area contributed by atoms with Gasteiger partial charge in [-0.1, -0.05) is 20.8 Å². The molecule has 1 atom stereocenters. The van der Waals surface area contributed by atoms with Crippen LogP contribution >= 0.6 is 11.3 Å². The molecule has 7 heteroatoms. The highest BCUT2D eigenvalue weighted by Crippen LogP contribution is 2.21. The van der Waals surface area contributed by atoms with Gasteiger partial charge in [-0.3, -0.25) is 9.59 Å². The van der Waals surface area contributed by atoms with Gasteiger partial charge in [0.05, 0.1) is 5.69 Å². The van der Waals surface area contributed by atoms with E-state index in [9.17, 15) is 9.59 Å². The summed E-state index contributed by atoms with van der Waals surface area (Å²) in [6.07, 6.45) is 3.56. The average Bonchev–Trinajstić information content (AvgIpc) is 3.02. The minimum atomic E-state index is -0.112. The van der Waals surface area contributed by atoms with E-state index >= 15 is 0 Å². The summed E-state index contributed by atoms with van der Waals surface area (Å²) in [5.74, 6) is 0.0466. The van der Waals surface area contributed by atoms with Crippen molar-refractivity contribution in [1.29, 1.82) is 0 Å². The van der Waals surface area contributed by atoms with Crippen molar-refractivity contribution in [2.24, 2.45) is 5.92 Å². The molecule has 140 valence electrons. The Bertz CT molecular complexity index is 600. The van der Waals surface area contributed by atoms with Gasteiger partial charge in [0.1, 0.15) is 0 Å². The maximum absolute atomic E-state index is 12.6. The van der Waals surface area contributed by atoms with Crippen LogP contribution in [0.5, 0.6) is 0 Å². The number of carbonyl (C=O) groups is 2. The van der Waals surface area contributed by atoms with Crippen LogP contribution in [0.3, 0.4) is 0 Å². The third-order valence-corrected chi connectivity index (χ3v) is 5.71. The fourth-order valence-corrected chi connectivity index (χ4v) is 4.05. The Balaban J connectivity index is 1.99. The molecule has 6 nitrogen and oxygen atoms in total. The zero-order valence-corrected chi connectivity index (χ0v) is 16.5. The fourth-order valence-electron chi connectivity index (χ4n) is 3.10. The summed E-state index contributed by atoms with van der Waals surface area (Å²) in [6, 6.07) is 0.0127. The van der Waals surface area contributed by atoms with Crippen molar-refractivity contribution in [3.63, 3.8) is 0 Å². The van der Waals surface area contributed by atoms with Gasteiger partial charge in [0.15, 0.2) is 5.01 Å². The van der Waals surface area contributed by atoms with Crippen molar-refractivity contribution in [3.05, 3.63) is 15.6 Å². The molecular formula is C18H30N4O2S. The number of aromatic nitrogens is 1. The number of hydrogen-bond acceptors (Lipinski definition) is 5. The Kier molecular flexibility index (Phi) is 7.38. The van der Waals surface area contributed by atoms with Gasteiger partial charge in [0.2, 0.25) is 5.91 Å². The largest absolute Gasteiger partial charge is 0.345 e. The zero-order valence-electron chi connectivity index (χ0n) is 15.7. The molecule has 1 aromatic heterocycles. The van der Waals surface area contributed by atoms with Crippen molar-refractivity contribution < 1.29 is 9.59 Å². The van der Waals surface area contributed by atoms with Crippen LogP contribution < -0.4 is 10.6 Å². The maximum atomic E-state index is 12.6. The van der Waals surface area contributed by atoms with E-state index in [1.54, 1.807) is 0 Å². The summed E-state index contributed by atoms with van der Waals surface area (Å²) >= 11 is 1.49. The third-order valence-electron chi connectivity index (χ3n) is 4.47. The average molecular weight is 367 g/mol. The third kappa shape index (κ3) is 5.25. The Morgan fingerprint density at radius 1 is 1.40 bits per heavy atom. The van der Waals surface area contributed by atoms with Crippen molar-refractivity contribution in [1.82, 2.24) is 20.5 Å². The van der Waals surface area contributed by atoms with Gasteiger partial charge >= 0.3 is 0 Å². The molecular weight excluding hydrogens is 336 g/mol. The van der Waals surface area contributed by atoms with E-state index in [0.29, 0.717) is 11.6 Å². The van der Waals surface area contributed by atoms with Crippen LogP contribution in [0.4, 0.5) is 0 Å². The Hall–Kier alpha value is -1.47. The standard InChI is InChI=1S/C18H30N4O2S/c1-5-15-14(8-9-19-4)21-17(25-15)16(23)20-13-7-6-10-22(11-13)18(24)12(2)3/h12-13,19H,5-11H2,1-4H3,(H,20,23)/t13-/m0/s1. The lowest BCUT2D eigenvalue weighted by Crippen LogP contribution is -2.50. The van der Waals surface area contributed by atoms with Gasteiger partial charge in [-0.15, -0.1) is 11.3 Å². The molecule has 1 aliphatic rings. The molecule has 0 aliphatic carbocycles. The molecule has 1 saturated heterocycles. The van der Waals surface area contributed by atoms with Crippen LogP contribution in [-0.4, -0.2) is 54.4 Å². The van der Waals surface area contributed by atoms with E-state index in [-0.39, 0.29) is 23.8 Å². The quantitative estimate of drug-likeness (QED) is 0.772. The van der Waals surface area contributed by atoms with Crippen molar-refractivity contribution in [2.75, 3.05) is 26.7 Å². The molecule has 2 N–H and O–H groups in total. The number of aryl methyl sites for hydroxylation is 1. The van der Waals surface area contributed by atoms with E-state index < -0.39 is 0 Å². The number of nitrogens with one attached hydrogen (secondary N) is 2. The molecule has 0 saturated carbocycles. The Labute approximate surface area is 154 Å². The molecule has 0 bridgehead atoms. The second kappa shape index (κ2) is 9.29. The highest BCUT2D eigenvalue weighted by atomic mass is 32.1. The Morgan fingerprint density at radius 2 is 2.16 bits per heavy atom. The number of likely N-dealkylation sites (N-methyl/N-ethyl adjacent to an activating group) is 1. The first kappa shape index (κ1) is 19.8. The Morgan fingerprint density at radius 3 is 2.80 bits per heavy atom. The van der Waals surface area contributed by atoms with Crippen LogP contribution in [-0.2, 0) is 17.6 Å². The minimum Gasteiger partial charge on any atom is -0.345 e. The van der Waals surface area contributed by atoms with Crippen LogP contribution in [0.25, 0.3) is 0 Å². The molecule has 25 heavy (non-hydrogen) atoms. The molecule has 2 rings (SSSR count). The van der Waals surface area contributed by atoms with Crippen LogP contribution in [0, 0.1) is 5.92 Å². The number of rotatable bonds is 7. The lowest BCUT2D eigenvalue weighted by molar-refractivity contribution is -0.135. The van der Waals surface area contributed by atoms with Crippen LogP contribution in [0.1, 0.15) is 54.0 Å². The van der Waals surface area contributed by atoms with Gasteiger partial charge in [-0.2, -0.15) is 0 Å². The first-order valence-corrected chi connectivity index (χ1v) is 10.0. The highest BCUT2D eigenvalue weighted by Gasteiger charge is 2.27. The fraction of sp³-hybridized carbons (Fsp3) is 0.722. The first-order chi connectivity index (χ1) is 12.0. The van der Waals surface area contributed by atoms with Gasteiger partial charge in [0.25, 0.3) is 5.91 Å². The number of amides is 2. The summed E-state index contributed by atoms with van der Waals surface area (Å²) in [5.41, 5.74) is 1.02. The first-order valence-electron chi connectivity index (χ1n) is 9.19.